The van der Waals surface area contributed by atoms with Crippen molar-refractivity contribution in [1.29, 1.82) is 0 Å². The molecule has 2 atom stereocenters. The highest BCUT2D eigenvalue weighted by Crippen LogP contribution is 2.29. The molecule has 3 heterocycles. The summed E-state index contributed by atoms with van der Waals surface area (Å²) in [7, 11) is 0. The second kappa shape index (κ2) is 7.69. The molecule has 1 aromatic heterocycles. The average Bonchev–Trinajstić information content (AvgIpc) is 2.96. The Kier molecular flexibility index (Phi) is 4.91. The van der Waals surface area contributed by atoms with Crippen molar-refractivity contribution < 1.29 is 0 Å². The van der Waals surface area contributed by atoms with Crippen LogP contribution in [0.15, 0.2) is 48.5 Å². The van der Waals surface area contributed by atoms with Crippen LogP contribution in [0.3, 0.4) is 0 Å². The van der Waals surface area contributed by atoms with Crippen molar-refractivity contribution in [1.82, 2.24) is 19.8 Å². The minimum Gasteiger partial charge on any atom is -0.327 e. The number of piperidine rings is 1. The lowest BCUT2D eigenvalue weighted by Gasteiger charge is -2.28. The first-order valence-corrected chi connectivity index (χ1v) is 10.7. The van der Waals surface area contributed by atoms with Gasteiger partial charge in [-0.3, -0.25) is 4.90 Å². The zero-order valence-corrected chi connectivity index (χ0v) is 16.8. The number of hydrogen-bond acceptors (Lipinski definition) is 3. The Bertz CT molecular complexity index is 938. The van der Waals surface area contributed by atoms with E-state index >= 15 is 0 Å². The summed E-state index contributed by atoms with van der Waals surface area (Å²) in [6, 6.07) is 18.2. The van der Waals surface area contributed by atoms with Crippen LogP contribution in [0.25, 0.3) is 11.0 Å². The lowest BCUT2D eigenvalue weighted by molar-refractivity contribution is 0.272. The van der Waals surface area contributed by atoms with Gasteiger partial charge in [0.2, 0.25) is 0 Å². The molecule has 4 heteroatoms. The van der Waals surface area contributed by atoms with Gasteiger partial charge in [-0.25, -0.2) is 4.98 Å². The van der Waals surface area contributed by atoms with E-state index in [0.717, 1.165) is 45.1 Å². The second-order valence-electron chi connectivity index (χ2n) is 8.58. The Morgan fingerprint density at radius 3 is 2.75 bits per heavy atom. The number of nitrogens with zero attached hydrogens (tertiary/aromatic N) is 3. The number of nitrogens with one attached hydrogen (secondary N) is 1. The molecule has 0 unspecified atom stereocenters. The molecule has 0 radical (unpaired) electrons. The van der Waals surface area contributed by atoms with E-state index in [1.54, 1.807) is 0 Å². The third kappa shape index (κ3) is 3.59. The number of imidazole rings is 1. The van der Waals surface area contributed by atoms with Gasteiger partial charge in [-0.2, -0.15) is 0 Å². The molecule has 1 saturated heterocycles. The lowest BCUT2D eigenvalue weighted by atomic mass is 9.92. The fourth-order valence-electron chi connectivity index (χ4n) is 4.75. The van der Waals surface area contributed by atoms with Crippen LogP contribution in [0, 0.1) is 5.92 Å². The van der Waals surface area contributed by atoms with Crippen LogP contribution in [0.4, 0.5) is 0 Å². The van der Waals surface area contributed by atoms with Gasteiger partial charge in [0, 0.05) is 38.6 Å². The van der Waals surface area contributed by atoms with Gasteiger partial charge in [-0.1, -0.05) is 43.3 Å². The van der Waals surface area contributed by atoms with Crippen LogP contribution in [-0.4, -0.2) is 34.1 Å². The maximum atomic E-state index is 5.03. The Morgan fingerprint density at radius 1 is 1.04 bits per heavy atom. The van der Waals surface area contributed by atoms with Gasteiger partial charge in [0.25, 0.3) is 0 Å². The number of fused-ring (bicyclic) bond motifs is 3. The molecule has 5 rings (SSSR count). The fourth-order valence-corrected chi connectivity index (χ4v) is 4.75. The molecular weight excluding hydrogens is 344 g/mol. The number of rotatable bonds is 3. The van der Waals surface area contributed by atoms with E-state index in [4.69, 9.17) is 4.98 Å². The van der Waals surface area contributed by atoms with Gasteiger partial charge in [0.1, 0.15) is 5.82 Å². The van der Waals surface area contributed by atoms with Gasteiger partial charge in [-0.05, 0) is 48.6 Å². The molecule has 1 N–H and O–H groups in total. The number of aromatic nitrogens is 2. The van der Waals surface area contributed by atoms with E-state index in [0.29, 0.717) is 6.04 Å². The van der Waals surface area contributed by atoms with Gasteiger partial charge in [0.15, 0.2) is 0 Å². The van der Waals surface area contributed by atoms with Crippen LogP contribution >= 0.6 is 0 Å². The van der Waals surface area contributed by atoms with Crippen molar-refractivity contribution in [2.75, 3.05) is 19.6 Å². The number of benzene rings is 2. The summed E-state index contributed by atoms with van der Waals surface area (Å²) in [5, 5.41) is 3.71. The molecule has 0 saturated carbocycles. The summed E-state index contributed by atoms with van der Waals surface area (Å²) >= 11 is 0. The van der Waals surface area contributed by atoms with Gasteiger partial charge >= 0.3 is 0 Å². The van der Waals surface area contributed by atoms with Gasteiger partial charge in [-0.15, -0.1) is 0 Å². The minimum atomic E-state index is 0.489. The molecule has 2 aromatic carbocycles. The summed E-state index contributed by atoms with van der Waals surface area (Å²) < 4.78 is 2.44. The van der Waals surface area contributed by atoms with E-state index in [2.05, 4.69) is 70.2 Å². The van der Waals surface area contributed by atoms with Gasteiger partial charge < -0.3 is 9.88 Å². The number of hydrogen-bond donors (Lipinski definition) is 1. The Balaban J connectivity index is 1.33. The normalized spacial score (nSPS) is 23.5. The smallest absolute Gasteiger partial charge is 0.111 e. The van der Waals surface area contributed by atoms with Crippen molar-refractivity contribution in [2.45, 2.75) is 45.3 Å². The topological polar surface area (TPSA) is 33.1 Å². The molecule has 146 valence electrons. The predicted molar refractivity (Wildman–Crippen MR) is 114 cm³/mol. The molecule has 0 bridgehead atoms. The molecule has 4 nitrogen and oxygen atoms in total. The largest absolute Gasteiger partial charge is 0.327 e. The summed E-state index contributed by atoms with van der Waals surface area (Å²) in [5.74, 6) is 2.04. The van der Waals surface area contributed by atoms with Crippen molar-refractivity contribution in [3.05, 3.63) is 65.5 Å². The molecule has 2 aliphatic heterocycles. The molecule has 0 amide bonds. The Labute approximate surface area is 167 Å². The van der Waals surface area contributed by atoms with Crippen molar-refractivity contribution in [3.63, 3.8) is 0 Å². The van der Waals surface area contributed by atoms with Crippen molar-refractivity contribution in [3.8, 4) is 0 Å². The summed E-state index contributed by atoms with van der Waals surface area (Å²) in [4.78, 5) is 7.59. The summed E-state index contributed by atoms with van der Waals surface area (Å²) in [5.41, 5.74) is 5.26. The quantitative estimate of drug-likeness (QED) is 0.747. The van der Waals surface area contributed by atoms with Gasteiger partial charge in [0.05, 0.1) is 11.0 Å². The van der Waals surface area contributed by atoms with E-state index in [-0.39, 0.29) is 0 Å². The summed E-state index contributed by atoms with van der Waals surface area (Å²) in [6.07, 6.45) is 3.57. The zero-order valence-electron chi connectivity index (χ0n) is 16.8. The average molecular weight is 375 g/mol. The third-order valence-electron chi connectivity index (χ3n) is 6.46. The maximum Gasteiger partial charge on any atom is 0.111 e. The molecular formula is C24H30N4. The first kappa shape index (κ1) is 17.9. The van der Waals surface area contributed by atoms with E-state index in [1.165, 1.54) is 40.8 Å². The first-order valence-electron chi connectivity index (χ1n) is 10.7. The SMILES string of the molecule is C[C@H]1CC[C@H](c2ccc3c(c2)nc2n3CCN(Cc3ccccc3)CC2)NC1. The monoisotopic (exact) mass is 374 g/mol. The molecule has 3 aromatic rings. The standard InChI is InChI=1S/C24H30N4/c1-18-7-9-21(25-16-18)20-8-10-23-22(15-20)26-24-11-12-27(13-14-28(23)24)17-19-5-3-2-4-6-19/h2-6,8,10,15,18,21,25H,7,9,11-14,16-17H2,1H3/t18-,21+/m0/s1. The zero-order chi connectivity index (χ0) is 18.9. The Morgan fingerprint density at radius 2 is 1.93 bits per heavy atom. The van der Waals surface area contributed by atoms with Crippen LogP contribution in [0.1, 0.15) is 42.8 Å². The molecule has 28 heavy (non-hydrogen) atoms. The molecule has 2 aliphatic rings. The minimum absolute atomic E-state index is 0.489. The fraction of sp³-hybridized carbons (Fsp3) is 0.458. The lowest BCUT2D eigenvalue weighted by Crippen LogP contribution is -2.31. The molecule has 0 spiro atoms. The summed E-state index contributed by atoms with van der Waals surface area (Å²) in [6.45, 7) is 7.67. The molecule has 1 fully saturated rings. The highest BCUT2D eigenvalue weighted by molar-refractivity contribution is 5.77. The van der Waals surface area contributed by atoms with Crippen molar-refractivity contribution in [2.24, 2.45) is 5.92 Å². The third-order valence-corrected chi connectivity index (χ3v) is 6.46. The van der Waals surface area contributed by atoms with E-state index < -0.39 is 0 Å². The van der Waals surface area contributed by atoms with E-state index in [9.17, 15) is 0 Å². The van der Waals surface area contributed by atoms with Crippen molar-refractivity contribution >= 4 is 11.0 Å². The van der Waals surface area contributed by atoms with E-state index in [1.807, 2.05) is 0 Å². The van der Waals surface area contributed by atoms with Crippen LogP contribution in [0.5, 0.6) is 0 Å². The van der Waals surface area contributed by atoms with Crippen LogP contribution < -0.4 is 5.32 Å². The first-order chi connectivity index (χ1) is 13.8. The Hall–Kier alpha value is -2.17. The second-order valence-corrected chi connectivity index (χ2v) is 8.58. The molecule has 0 aliphatic carbocycles. The van der Waals surface area contributed by atoms with Crippen LogP contribution in [-0.2, 0) is 19.5 Å². The maximum absolute atomic E-state index is 5.03. The highest BCUT2D eigenvalue weighted by Gasteiger charge is 2.21. The highest BCUT2D eigenvalue weighted by atomic mass is 15.2. The predicted octanol–water partition coefficient (Wildman–Crippen LogP) is 4.16. The van der Waals surface area contributed by atoms with Crippen LogP contribution in [0.2, 0.25) is 0 Å².